The Bertz CT molecular complexity index is 1050. The van der Waals surface area contributed by atoms with Crippen LogP contribution in [0.15, 0.2) is 83.0 Å². The molecule has 0 spiro atoms. The second kappa shape index (κ2) is 9.48. The Morgan fingerprint density at radius 1 is 0.966 bits per heavy atom. The van der Waals surface area contributed by atoms with E-state index in [-0.39, 0.29) is 11.3 Å². The molecule has 0 aliphatic carbocycles. The van der Waals surface area contributed by atoms with Gasteiger partial charge in [0.05, 0.1) is 11.3 Å². The standard InChI is InChI=1S/C21H16ClN3O4/c22-14-4-3-5-16(12-14)23-20(27)13-29-21(28)18-6-1-2-7-19(18)25-24-15-8-10-17(26)11-9-15/h1-12,26H,13H2,(H,23,27). The number of nitrogens with one attached hydrogen (secondary N) is 1. The Hall–Kier alpha value is -3.71. The average molecular weight is 410 g/mol. The number of esters is 1. The Morgan fingerprint density at radius 2 is 1.72 bits per heavy atom. The van der Waals surface area contributed by atoms with E-state index in [0.29, 0.717) is 22.1 Å². The number of benzene rings is 3. The van der Waals surface area contributed by atoms with Gasteiger partial charge in [-0.15, -0.1) is 5.11 Å². The minimum absolute atomic E-state index is 0.115. The molecule has 29 heavy (non-hydrogen) atoms. The summed E-state index contributed by atoms with van der Waals surface area (Å²) in [5, 5.41) is 20.5. The number of anilines is 1. The number of phenolic OH excluding ortho intramolecular Hbond substituents is 1. The first-order valence-electron chi connectivity index (χ1n) is 8.53. The van der Waals surface area contributed by atoms with Crippen molar-refractivity contribution in [2.24, 2.45) is 10.2 Å². The first-order valence-corrected chi connectivity index (χ1v) is 8.91. The molecule has 146 valence electrons. The van der Waals surface area contributed by atoms with Gasteiger partial charge in [0.25, 0.3) is 5.91 Å². The lowest BCUT2D eigenvalue weighted by Gasteiger charge is -2.08. The number of amides is 1. The SMILES string of the molecule is O=C(COC(=O)c1ccccc1N=Nc1ccc(O)cc1)Nc1cccc(Cl)c1. The molecule has 0 radical (unpaired) electrons. The molecule has 1 amide bonds. The third-order valence-electron chi connectivity index (χ3n) is 3.69. The average Bonchev–Trinajstić information content (AvgIpc) is 2.72. The maximum atomic E-state index is 12.4. The van der Waals surface area contributed by atoms with Crippen LogP contribution in [0.25, 0.3) is 0 Å². The predicted octanol–water partition coefficient (Wildman–Crippen LogP) is 5.26. The van der Waals surface area contributed by atoms with Crippen molar-refractivity contribution in [1.82, 2.24) is 0 Å². The largest absolute Gasteiger partial charge is 0.508 e. The van der Waals surface area contributed by atoms with Crippen LogP contribution in [0.3, 0.4) is 0 Å². The number of hydrogen-bond donors (Lipinski definition) is 2. The lowest BCUT2D eigenvalue weighted by atomic mass is 10.2. The van der Waals surface area contributed by atoms with E-state index in [1.54, 1.807) is 54.6 Å². The van der Waals surface area contributed by atoms with Gasteiger partial charge in [-0.05, 0) is 54.6 Å². The summed E-state index contributed by atoms with van der Waals surface area (Å²) in [7, 11) is 0. The molecule has 0 aromatic heterocycles. The number of phenols is 1. The van der Waals surface area contributed by atoms with Gasteiger partial charge in [0.15, 0.2) is 6.61 Å². The highest BCUT2D eigenvalue weighted by Crippen LogP contribution is 2.24. The first kappa shape index (κ1) is 20.0. The van der Waals surface area contributed by atoms with Crippen LogP contribution in [0.4, 0.5) is 17.1 Å². The van der Waals surface area contributed by atoms with E-state index in [2.05, 4.69) is 15.5 Å². The summed E-state index contributed by atoms with van der Waals surface area (Å²) < 4.78 is 5.08. The maximum Gasteiger partial charge on any atom is 0.340 e. The van der Waals surface area contributed by atoms with Crippen LogP contribution in [0.1, 0.15) is 10.4 Å². The molecule has 7 nitrogen and oxygen atoms in total. The molecule has 8 heteroatoms. The van der Waals surface area contributed by atoms with Crippen LogP contribution in [0.2, 0.25) is 5.02 Å². The number of nitrogens with zero attached hydrogens (tertiary/aromatic N) is 2. The highest BCUT2D eigenvalue weighted by atomic mass is 35.5. The highest BCUT2D eigenvalue weighted by Gasteiger charge is 2.14. The van der Waals surface area contributed by atoms with Gasteiger partial charge < -0.3 is 15.2 Å². The predicted molar refractivity (Wildman–Crippen MR) is 109 cm³/mol. The molecule has 0 bridgehead atoms. The fraction of sp³-hybridized carbons (Fsp3) is 0.0476. The molecule has 0 aliphatic rings. The number of carbonyl (C=O) groups is 2. The first-order chi connectivity index (χ1) is 14.0. The van der Waals surface area contributed by atoms with Crippen molar-refractivity contribution >= 4 is 40.5 Å². The van der Waals surface area contributed by atoms with E-state index < -0.39 is 18.5 Å². The molecule has 0 fully saturated rings. The monoisotopic (exact) mass is 409 g/mol. The molecule has 0 saturated carbocycles. The van der Waals surface area contributed by atoms with Gasteiger partial charge in [0.2, 0.25) is 0 Å². The van der Waals surface area contributed by atoms with E-state index >= 15 is 0 Å². The lowest BCUT2D eigenvalue weighted by molar-refractivity contribution is -0.119. The van der Waals surface area contributed by atoms with Crippen LogP contribution in [-0.4, -0.2) is 23.6 Å². The van der Waals surface area contributed by atoms with Gasteiger partial charge in [-0.2, -0.15) is 5.11 Å². The van der Waals surface area contributed by atoms with E-state index in [1.807, 2.05) is 0 Å². The summed E-state index contributed by atoms with van der Waals surface area (Å²) >= 11 is 5.87. The van der Waals surface area contributed by atoms with Crippen molar-refractivity contribution in [2.75, 3.05) is 11.9 Å². The van der Waals surface area contributed by atoms with Crippen LogP contribution in [0.5, 0.6) is 5.75 Å². The fourth-order valence-corrected chi connectivity index (χ4v) is 2.53. The second-order valence-electron chi connectivity index (χ2n) is 5.87. The molecule has 3 aromatic carbocycles. The maximum absolute atomic E-state index is 12.4. The van der Waals surface area contributed by atoms with Crippen molar-refractivity contribution in [3.63, 3.8) is 0 Å². The summed E-state index contributed by atoms with van der Waals surface area (Å²) in [5.74, 6) is -1.08. The third-order valence-corrected chi connectivity index (χ3v) is 3.92. The van der Waals surface area contributed by atoms with Crippen molar-refractivity contribution in [3.05, 3.63) is 83.4 Å². The minimum Gasteiger partial charge on any atom is -0.508 e. The number of hydrogen-bond acceptors (Lipinski definition) is 6. The Kier molecular flexibility index (Phi) is 6.55. The van der Waals surface area contributed by atoms with E-state index in [1.165, 1.54) is 18.2 Å². The van der Waals surface area contributed by atoms with E-state index in [9.17, 15) is 14.7 Å². The van der Waals surface area contributed by atoms with Gasteiger partial charge in [-0.1, -0.05) is 29.8 Å². The number of carbonyl (C=O) groups excluding carboxylic acids is 2. The zero-order valence-corrected chi connectivity index (χ0v) is 15.8. The van der Waals surface area contributed by atoms with Crippen LogP contribution < -0.4 is 5.32 Å². The number of halogens is 1. The zero-order valence-electron chi connectivity index (χ0n) is 15.1. The van der Waals surface area contributed by atoms with Gasteiger partial charge in [-0.3, -0.25) is 4.79 Å². The number of ether oxygens (including phenoxy) is 1. The molecule has 3 aromatic rings. The topological polar surface area (TPSA) is 100 Å². The highest BCUT2D eigenvalue weighted by molar-refractivity contribution is 6.30. The van der Waals surface area contributed by atoms with Crippen molar-refractivity contribution in [3.8, 4) is 5.75 Å². The zero-order chi connectivity index (χ0) is 20.6. The molecule has 2 N–H and O–H groups in total. The number of rotatable bonds is 6. The molecular weight excluding hydrogens is 394 g/mol. The summed E-state index contributed by atoms with van der Waals surface area (Å²) in [6.07, 6.45) is 0. The van der Waals surface area contributed by atoms with Gasteiger partial charge in [-0.25, -0.2) is 4.79 Å². The molecule has 3 rings (SSSR count). The van der Waals surface area contributed by atoms with Gasteiger partial charge in [0.1, 0.15) is 11.4 Å². The van der Waals surface area contributed by atoms with Crippen LogP contribution in [-0.2, 0) is 9.53 Å². The molecule has 0 unspecified atom stereocenters. The number of azo groups is 1. The quantitative estimate of drug-likeness (QED) is 0.428. The van der Waals surface area contributed by atoms with Gasteiger partial charge >= 0.3 is 5.97 Å². The van der Waals surface area contributed by atoms with Crippen molar-refractivity contribution in [2.45, 2.75) is 0 Å². The summed E-state index contributed by atoms with van der Waals surface area (Å²) in [6, 6.07) is 19.2. The van der Waals surface area contributed by atoms with E-state index in [4.69, 9.17) is 16.3 Å². The summed E-state index contributed by atoms with van der Waals surface area (Å²) in [4.78, 5) is 24.4. The normalized spacial score (nSPS) is 10.7. The molecule has 0 aliphatic heterocycles. The molecule has 0 heterocycles. The number of aromatic hydroxyl groups is 1. The Balaban J connectivity index is 1.63. The minimum atomic E-state index is -0.702. The fourth-order valence-electron chi connectivity index (χ4n) is 2.34. The molecule has 0 atom stereocenters. The Labute approximate surface area is 171 Å². The smallest absolute Gasteiger partial charge is 0.340 e. The summed E-state index contributed by atoms with van der Waals surface area (Å²) in [6.45, 7) is -0.464. The van der Waals surface area contributed by atoms with Crippen LogP contribution in [0, 0.1) is 0 Å². The third kappa shape index (κ3) is 5.88. The van der Waals surface area contributed by atoms with Crippen molar-refractivity contribution in [1.29, 1.82) is 0 Å². The molecule has 0 saturated heterocycles. The lowest BCUT2D eigenvalue weighted by Crippen LogP contribution is -2.20. The second-order valence-corrected chi connectivity index (χ2v) is 6.30. The van der Waals surface area contributed by atoms with Crippen LogP contribution >= 0.6 is 11.6 Å². The van der Waals surface area contributed by atoms with Gasteiger partial charge in [0, 0.05) is 10.7 Å². The Morgan fingerprint density at radius 3 is 2.48 bits per heavy atom. The van der Waals surface area contributed by atoms with E-state index in [0.717, 1.165) is 0 Å². The molecular formula is C21H16ClN3O4. The summed E-state index contributed by atoms with van der Waals surface area (Å²) in [5.41, 5.74) is 1.47. The van der Waals surface area contributed by atoms with Crippen molar-refractivity contribution < 1.29 is 19.4 Å².